The molecule has 1 atom stereocenters. The molecule has 1 aliphatic rings. The van der Waals surface area contributed by atoms with Gasteiger partial charge < -0.3 is 19.7 Å². The van der Waals surface area contributed by atoms with Crippen LogP contribution >= 0.6 is 11.6 Å². The summed E-state index contributed by atoms with van der Waals surface area (Å²) in [4.78, 5) is 38.2. The number of hydrogen-bond donors (Lipinski definition) is 1. The fourth-order valence-corrected chi connectivity index (χ4v) is 3.24. The fraction of sp³-hybridized carbons (Fsp3) is 0.286. The van der Waals surface area contributed by atoms with E-state index in [9.17, 15) is 14.4 Å². The highest BCUT2D eigenvalue weighted by Crippen LogP contribution is 2.27. The smallest absolute Gasteiger partial charge is 0.311 e. The number of benzene rings is 2. The maximum Gasteiger partial charge on any atom is 0.311 e. The number of anilines is 2. The maximum absolute atomic E-state index is 12.3. The summed E-state index contributed by atoms with van der Waals surface area (Å²) >= 11 is 6.03. The normalized spacial score (nSPS) is 15.9. The minimum absolute atomic E-state index is 0.0416. The minimum atomic E-state index is -0.620. The van der Waals surface area contributed by atoms with Gasteiger partial charge in [0.2, 0.25) is 5.91 Å². The molecule has 1 aliphatic heterocycles. The van der Waals surface area contributed by atoms with Gasteiger partial charge in [-0.2, -0.15) is 0 Å². The SMILES string of the molecule is COc1ccc(N2C[C@@H](C(=O)OCC(=O)Nc3cccc(Cl)c3C)CC2=O)cc1. The van der Waals surface area contributed by atoms with Crippen molar-refractivity contribution < 1.29 is 23.9 Å². The third kappa shape index (κ3) is 4.86. The summed E-state index contributed by atoms with van der Waals surface area (Å²) in [5, 5.41) is 3.19. The zero-order valence-corrected chi connectivity index (χ0v) is 16.9. The molecule has 0 bridgehead atoms. The molecule has 3 rings (SSSR count). The Labute approximate surface area is 173 Å². The number of carbonyl (C=O) groups is 3. The van der Waals surface area contributed by atoms with Crippen molar-refractivity contribution >= 4 is 40.8 Å². The van der Waals surface area contributed by atoms with Gasteiger partial charge in [-0.05, 0) is 48.9 Å². The van der Waals surface area contributed by atoms with E-state index in [2.05, 4.69) is 5.32 Å². The van der Waals surface area contributed by atoms with Crippen LogP contribution in [0.2, 0.25) is 5.02 Å². The molecule has 1 N–H and O–H groups in total. The summed E-state index contributed by atoms with van der Waals surface area (Å²) in [5.41, 5.74) is 1.96. The zero-order valence-electron chi connectivity index (χ0n) is 16.1. The van der Waals surface area contributed by atoms with E-state index in [0.717, 1.165) is 5.56 Å². The number of carbonyl (C=O) groups excluding carboxylic acids is 3. The summed E-state index contributed by atoms with van der Waals surface area (Å²) in [5.74, 6) is -1.16. The first-order valence-electron chi connectivity index (χ1n) is 9.05. The molecule has 2 aromatic rings. The van der Waals surface area contributed by atoms with Gasteiger partial charge in [-0.3, -0.25) is 14.4 Å². The predicted octanol–water partition coefficient (Wildman–Crippen LogP) is 3.19. The molecule has 29 heavy (non-hydrogen) atoms. The van der Waals surface area contributed by atoms with Crippen molar-refractivity contribution in [1.29, 1.82) is 0 Å². The van der Waals surface area contributed by atoms with Crippen LogP contribution in [0.4, 0.5) is 11.4 Å². The molecule has 0 aliphatic carbocycles. The van der Waals surface area contributed by atoms with Crippen LogP contribution in [0.25, 0.3) is 0 Å². The lowest BCUT2D eigenvalue weighted by atomic mass is 10.1. The van der Waals surface area contributed by atoms with Crippen molar-refractivity contribution in [2.24, 2.45) is 5.92 Å². The number of halogens is 1. The van der Waals surface area contributed by atoms with Gasteiger partial charge in [-0.1, -0.05) is 17.7 Å². The number of rotatable bonds is 6. The first-order chi connectivity index (χ1) is 13.9. The first kappa shape index (κ1) is 20.7. The second-order valence-electron chi connectivity index (χ2n) is 6.67. The number of ether oxygens (including phenoxy) is 2. The molecule has 1 heterocycles. The van der Waals surface area contributed by atoms with E-state index < -0.39 is 24.4 Å². The molecule has 8 heteroatoms. The van der Waals surface area contributed by atoms with Crippen LogP contribution in [-0.2, 0) is 19.1 Å². The maximum atomic E-state index is 12.3. The Morgan fingerprint density at radius 1 is 1.21 bits per heavy atom. The molecule has 2 amide bonds. The Bertz CT molecular complexity index is 929. The first-order valence-corrected chi connectivity index (χ1v) is 9.43. The minimum Gasteiger partial charge on any atom is -0.497 e. The highest BCUT2D eigenvalue weighted by molar-refractivity contribution is 6.31. The highest BCUT2D eigenvalue weighted by Gasteiger charge is 2.36. The lowest BCUT2D eigenvalue weighted by molar-refractivity contribution is -0.151. The van der Waals surface area contributed by atoms with Crippen molar-refractivity contribution in [3.05, 3.63) is 53.1 Å². The molecule has 152 valence electrons. The van der Waals surface area contributed by atoms with Gasteiger partial charge in [0.05, 0.1) is 13.0 Å². The molecule has 1 fully saturated rings. The number of methoxy groups -OCH3 is 1. The molecular formula is C21H21ClN2O5. The van der Waals surface area contributed by atoms with Crippen LogP contribution < -0.4 is 15.0 Å². The average molecular weight is 417 g/mol. The van der Waals surface area contributed by atoms with Gasteiger partial charge in [0, 0.05) is 29.4 Å². The van der Waals surface area contributed by atoms with Gasteiger partial charge in [0.25, 0.3) is 5.91 Å². The van der Waals surface area contributed by atoms with E-state index in [1.54, 1.807) is 56.5 Å². The molecule has 0 unspecified atom stereocenters. The highest BCUT2D eigenvalue weighted by atomic mass is 35.5. The molecule has 0 spiro atoms. The largest absolute Gasteiger partial charge is 0.497 e. The summed E-state index contributed by atoms with van der Waals surface area (Å²) in [6, 6.07) is 12.2. The number of amides is 2. The van der Waals surface area contributed by atoms with Gasteiger partial charge in [0.15, 0.2) is 6.61 Å². The Morgan fingerprint density at radius 2 is 1.93 bits per heavy atom. The second-order valence-corrected chi connectivity index (χ2v) is 7.08. The van der Waals surface area contributed by atoms with Crippen LogP contribution in [0.5, 0.6) is 5.75 Å². The van der Waals surface area contributed by atoms with Crippen LogP contribution in [0, 0.1) is 12.8 Å². The van der Waals surface area contributed by atoms with E-state index in [1.807, 2.05) is 0 Å². The topological polar surface area (TPSA) is 84.9 Å². The summed E-state index contributed by atoms with van der Waals surface area (Å²) in [6.07, 6.45) is 0.0416. The average Bonchev–Trinajstić information content (AvgIpc) is 3.11. The molecule has 0 aromatic heterocycles. The summed E-state index contributed by atoms with van der Waals surface area (Å²) in [7, 11) is 1.56. The van der Waals surface area contributed by atoms with Crippen LogP contribution in [0.1, 0.15) is 12.0 Å². The molecule has 2 aromatic carbocycles. The van der Waals surface area contributed by atoms with Crippen molar-refractivity contribution in [2.45, 2.75) is 13.3 Å². The summed E-state index contributed by atoms with van der Waals surface area (Å²) < 4.78 is 10.2. The number of esters is 1. The quantitative estimate of drug-likeness (QED) is 0.731. The lowest BCUT2D eigenvalue weighted by Crippen LogP contribution is -2.28. The lowest BCUT2D eigenvalue weighted by Gasteiger charge is -2.17. The Balaban J connectivity index is 1.53. The molecule has 0 saturated carbocycles. The van der Waals surface area contributed by atoms with E-state index in [-0.39, 0.29) is 18.9 Å². The monoisotopic (exact) mass is 416 g/mol. The van der Waals surface area contributed by atoms with Crippen molar-refractivity contribution in [1.82, 2.24) is 0 Å². The fourth-order valence-electron chi connectivity index (χ4n) is 3.06. The number of hydrogen-bond acceptors (Lipinski definition) is 5. The van der Waals surface area contributed by atoms with E-state index in [4.69, 9.17) is 21.1 Å². The third-order valence-electron chi connectivity index (χ3n) is 4.73. The Kier molecular flexibility index (Phi) is 6.39. The van der Waals surface area contributed by atoms with Crippen molar-refractivity contribution in [3.8, 4) is 5.75 Å². The van der Waals surface area contributed by atoms with Gasteiger partial charge in [0.1, 0.15) is 5.75 Å². The second kappa shape index (κ2) is 8.96. The zero-order chi connectivity index (χ0) is 21.0. The van der Waals surface area contributed by atoms with Crippen LogP contribution in [0.15, 0.2) is 42.5 Å². The van der Waals surface area contributed by atoms with Crippen molar-refractivity contribution in [2.75, 3.05) is 30.5 Å². The number of nitrogens with zero attached hydrogens (tertiary/aromatic N) is 1. The van der Waals surface area contributed by atoms with Crippen LogP contribution in [-0.4, -0.2) is 38.0 Å². The molecule has 1 saturated heterocycles. The standard InChI is InChI=1S/C21H21ClN2O5/c1-13-17(22)4-3-5-18(13)23-19(25)12-29-21(27)14-10-20(26)24(11-14)15-6-8-16(28-2)9-7-15/h3-9,14H,10-12H2,1-2H3,(H,23,25)/t14-/m0/s1. The van der Waals surface area contributed by atoms with E-state index >= 15 is 0 Å². The van der Waals surface area contributed by atoms with E-state index in [0.29, 0.717) is 22.1 Å². The summed E-state index contributed by atoms with van der Waals surface area (Å²) in [6.45, 7) is 1.55. The third-order valence-corrected chi connectivity index (χ3v) is 5.14. The Morgan fingerprint density at radius 3 is 2.62 bits per heavy atom. The Hall–Kier alpha value is -3.06. The molecule has 7 nitrogen and oxygen atoms in total. The number of nitrogens with one attached hydrogen (secondary N) is 1. The van der Waals surface area contributed by atoms with E-state index in [1.165, 1.54) is 4.90 Å². The van der Waals surface area contributed by atoms with Crippen LogP contribution in [0.3, 0.4) is 0 Å². The molecular weight excluding hydrogens is 396 g/mol. The van der Waals surface area contributed by atoms with Crippen molar-refractivity contribution in [3.63, 3.8) is 0 Å². The predicted molar refractivity (Wildman–Crippen MR) is 109 cm³/mol. The van der Waals surface area contributed by atoms with Gasteiger partial charge in [-0.15, -0.1) is 0 Å². The van der Waals surface area contributed by atoms with Gasteiger partial charge >= 0.3 is 5.97 Å². The van der Waals surface area contributed by atoms with Gasteiger partial charge in [-0.25, -0.2) is 0 Å². The molecule has 0 radical (unpaired) electrons.